The molecule has 1 unspecified atom stereocenters. The average Bonchev–Trinajstić information content (AvgIpc) is 3.40. The maximum absolute atomic E-state index is 14.2. The van der Waals surface area contributed by atoms with Gasteiger partial charge in [0.05, 0.1) is 18.1 Å². The highest BCUT2D eigenvalue weighted by atomic mass is 19.1. The Morgan fingerprint density at radius 3 is 2.80 bits per heavy atom. The second-order valence-electron chi connectivity index (χ2n) is 7.51. The molecule has 0 aliphatic heterocycles. The summed E-state index contributed by atoms with van der Waals surface area (Å²) < 4.78 is 31.1. The Kier molecular flexibility index (Phi) is 4.88. The lowest BCUT2D eigenvalue weighted by atomic mass is 9.92. The van der Waals surface area contributed by atoms with Gasteiger partial charge in [-0.15, -0.1) is 0 Å². The lowest BCUT2D eigenvalue weighted by Gasteiger charge is -2.24. The molecule has 0 saturated heterocycles. The van der Waals surface area contributed by atoms with Crippen LogP contribution < -0.4 is 5.32 Å². The highest BCUT2D eigenvalue weighted by molar-refractivity contribution is 5.38. The molecule has 0 fully saturated rings. The van der Waals surface area contributed by atoms with Gasteiger partial charge in [0.15, 0.2) is 0 Å². The molecule has 0 saturated carbocycles. The second kappa shape index (κ2) is 7.84. The molecule has 5 nitrogen and oxygen atoms in total. The second-order valence-corrected chi connectivity index (χ2v) is 7.51. The van der Waals surface area contributed by atoms with Crippen molar-refractivity contribution in [2.45, 2.75) is 31.8 Å². The van der Waals surface area contributed by atoms with Crippen LogP contribution in [0.5, 0.6) is 0 Å². The Bertz CT molecular complexity index is 1180. The first-order valence-corrected chi connectivity index (χ1v) is 10.0. The Morgan fingerprint density at radius 1 is 1.03 bits per heavy atom. The van der Waals surface area contributed by atoms with Crippen molar-refractivity contribution < 1.29 is 8.78 Å². The van der Waals surface area contributed by atoms with Gasteiger partial charge in [0.1, 0.15) is 17.3 Å². The van der Waals surface area contributed by atoms with Gasteiger partial charge in [-0.1, -0.05) is 18.2 Å². The van der Waals surface area contributed by atoms with Crippen molar-refractivity contribution >= 4 is 0 Å². The first-order chi connectivity index (χ1) is 14.7. The Labute approximate surface area is 173 Å². The van der Waals surface area contributed by atoms with E-state index in [9.17, 15) is 8.78 Å². The summed E-state index contributed by atoms with van der Waals surface area (Å²) in [7, 11) is 0. The van der Waals surface area contributed by atoms with Crippen molar-refractivity contribution in [1.82, 2.24) is 24.9 Å². The van der Waals surface area contributed by atoms with E-state index >= 15 is 0 Å². The normalized spacial score (nSPS) is 15.9. The van der Waals surface area contributed by atoms with Gasteiger partial charge in [-0.3, -0.25) is 0 Å². The molecular formula is C23H21F2N5. The number of rotatable bonds is 5. The van der Waals surface area contributed by atoms with E-state index in [4.69, 9.17) is 0 Å². The molecule has 2 heterocycles. The molecule has 0 spiro atoms. The van der Waals surface area contributed by atoms with Crippen LogP contribution in [0.2, 0.25) is 0 Å². The Balaban J connectivity index is 1.33. The van der Waals surface area contributed by atoms with Crippen molar-refractivity contribution in [2.75, 3.05) is 0 Å². The molecule has 7 heteroatoms. The highest BCUT2D eigenvalue weighted by Crippen LogP contribution is 2.31. The number of nitrogens with zero attached hydrogens (tertiary/aromatic N) is 4. The first kappa shape index (κ1) is 18.7. The predicted octanol–water partition coefficient (Wildman–Crippen LogP) is 4.50. The molecule has 0 radical (unpaired) electrons. The summed E-state index contributed by atoms with van der Waals surface area (Å²) in [5, 5.41) is 12.4. The van der Waals surface area contributed by atoms with E-state index in [2.05, 4.69) is 15.5 Å². The minimum atomic E-state index is -0.288. The fourth-order valence-corrected chi connectivity index (χ4v) is 4.05. The molecule has 4 aromatic rings. The van der Waals surface area contributed by atoms with Crippen molar-refractivity contribution in [2.24, 2.45) is 0 Å². The van der Waals surface area contributed by atoms with Crippen LogP contribution in [0.4, 0.5) is 8.78 Å². The predicted molar refractivity (Wildman–Crippen MR) is 110 cm³/mol. The van der Waals surface area contributed by atoms with Crippen LogP contribution in [0.1, 0.15) is 35.7 Å². The van der Waals surface area contributed by atoms with Crippen LogP contribution in [0, 0.1) is 11.6 Å². The minimum absolute atomic E-state index is 0.145. The zero-order valence-electron chi connectivity index (χ0n) is 16.3. The van der Waals surface area contributed by atoms with E-state index < -0.39 is 0 Å². The molecule has 30 heavy (non-hydrogen) atoms. The van der Waals surface area contributed by atoms with E-state index in [0.29, 0.717) is 17.9 Å². The molecule has 5 rings (SSSR count). The summed E-state index contributed by atoms with van der Waals surface area (Å²) in [4.78, 5) is 0. The molecular weight excluding hydrogens is 384 g/mol. The van der Waals surface area contributed by atoms with Gasteiger partial charge in [0.2, 0.25) is 0 Å². The van der Waals surface area contributed by atoms with Crippen LogP contribution >= 0.6 is 0 Å². The van der Waals surface area contributed by atoms with Gasteiger partial charge < -0.3 is 5.32 Å². The van der Waals surface area contributed by atoms with E-state index in [-0.39, 0.29) is 17.7 Å². The fourth-order valence-electron chi connectivity index (χ4n) is 4.05. The van der Waals surface area contributed by atoms with Crippen LogP contribution in [0.25, 0.3) is 11.4 Å². The van der Waals surface area contributed by atoms with E-state index in [1.165, 1.54) is 18.2 Å². The largest absolute Gasteiger partial charge is 0.306 e. The van der Waals surface area contributed by atoms with E-state index in [0.717, 1.165) is 36.1 Å². The summed E-state index contributed by atoms with van der Waals surface area (Å²) >= 11 is 0. The van der Waals surface area contributed by atoms with Crippen molar-refractivity contribution in [3.8, 4) is 11.4 Å². The van der Waals surface area contributed by atoms with Crippen molar-refractivity contribution in [3.05, 3.63) is 95.6 Å². The van der Waals surface area contributed by atoms with Gasteiger partial charge in [-0.2, -0.15) is 10.2 Å². The average molecular weight is 405 g/mol. The number of hydrogen-bond donors (Lipinski definition) is 1. The van der Waals surface area contributed by atoms with Crippen LogP contribution in [0.15, 0.2) is 67.1 Å². The fraction of sp³-hybridized carbons (Fsp3) is 0.217. The number of aromatic nitrogens is 4. The van der Waals surface area contributed by atoms with Gasteiger partial charge in [0, 0.05) is 35.6 Å². The molecule has 152 valence electrons. The molecule has 2 aromatic heterocycles. The van der Waals surface area contributed by atoms with Gasteiger partial charge >= 0.3 is 0 Å². The minimum Gasteiger partial charge on any atom is -0.306 e. The Hall–Kier alpha value is -3.32. The van der Waals surface area contributed by atoms with Gasteiger partial charge in [-0.05, 0) is 49.6 Å². The number of nitrogens with one attached hydrogen (secondary N) is 1. The standard InChI is InChI=1S/C23H21F2N5/c24-17-5-3-6-18(11-17)29-15-16(13-27-29)12-26-21-8-4-10-22-19(21)14-28-30(22)23-9-2-1-7-20(23)25/h1-3,5-7,9,11,13-15,21,26H,4,8,10,12H2. The molecule has 2 aromatic carbocycles. The molecule has 0 bridgehead atoms. The SMILES string of the molecule is Fc1cccc(-n2cc(CNC3CCCc4c3cnn4-c3ccccc3F)cn2)c1. The summed E-state index contributed by atoms with van der Waals surface area (Å²) in [6.07, 6.45) is 8.40. The number of para-hydroxylation sites is 1. The lowest BCUT2D eigenvalue weighted by Crippen LogP contribution is -2.25. The summed E-state index contributed by atoms with van der Waals surface area (Å²) in [6.45, 7) is 0.629. The number of benzene rings is 2. The third kappa shape index (κ3) is 3.52. The lowest BCUT2D eigenvalue weighted by molar-refractivity contribution is 0.454. The maximum Gasteiger partial charge on any atom is 0.148 e. The zero-order chi connectivity index (χ0) is 20.5. The molecule has 0 amide bonds. The van der Waals surface area contributed by atoms with Crippen LogP contribution in [-0.4, -0.2) is 19.6 Å². The maximum atomic E-state index is 14.2. The summed E-state index contributed by atoms with van der Waals surface area (Å²) in [6, 6.07) is 13.2. The monoisotopic (exact) mass is 405 g/mol. The van der Waals surface area contributed by atoms with Crippen molar-refractivity contribution in [1.29, 1.82) is 0 Å². The van der Waals surface area contributed by atoms with E-state index in [1.54, 1.807) is 33.8 Å². The Morgan fingerprint density at radius 2 is 1.93 bits per heavy atom. The zero-order valence-corrected chi connectivity index (χ0v) is 16.3. The van der Waals surface area contributed by atoms with Crippen molar-refractivity contribution in [3.63, 3.8) is 0 Å². The smallest absolute Gasteiger partial charge is 0.148 e. The van der Waals surface area contributed by atoms with Crippen LogP contribution in [0.3, 0.4) is 0 Å². The molecule has 1 atom stereocenters. The molecule has 1 aliphatic carbocycles. The van der Waals surface area contributed by atoms with E-state index in [1.807, 2.05) is 24.5 Å². The first-order valence-electron chi connectivity index (χ1n) is 10.0. The highest BCUT2D eigenvalue weighted by Gasteiger charge is 2.25. The molecule has 1 aliphatic rings. The number of fused-ring (bicyclic) bond motifs is 1. The third-order valence-electron chi connectivity index (χ3n) is 5.53. The number of hydrogen-bond acceptors (Lipinski definition) is 3. The topological polar surface area (TPSA) is 47.7 Å². The number of halogens is 2. The van der Waals surface area contributed by atoms with Crippen LogP contribution in [-0.2, 0) is 13.0 Å². The van der Waals surface area contributed by atoms with Gasteiger partial charge in [0.25, 0.3) is 0 Å². The quantitative estimate of drug-likeness (QED) is 0.532. The van der Waals surface area contributed by atoms with Gasteiger partial charge in [-0.25, -0.2) is 18.1 Å². The summed E-state index contributed by atoms with van der Waals surface area (Å²) in [5.41, 5.74) is 4.34. The summed E-state index contributed by atoms with van der Waals surface area (Å²) in [5.74, 6) is -0.562. The molecule has 1 N–H and O–H groups in total. The third-order valence-corrected chi connectivity index (χ3v) is 5.53.